The number of aryl methyl sites for hydroxylation is 1. The van der Waals surface area contributed by atoms with Crippen LogP contribution in [0.3, 0.4) is 0 Å². The van der Waals surface area contributed by atoms with Crippen molar-refractivity contribution >= 4 is 17.4 Å². The number of aromatic hydroxyl groups is 1. The van der Waals surface area contributed by atoms with Crippen molar-refractivity contribution in [3.63, 3.8) is 0 Å². The average molecular weight is 343 g/mol. The number of ether oxygens (including phenoxy) is 1. The molecule has 0 saturated carbocycles. The fourth-order valence-corrected chi connectivity index (χ4v) is 2.06. The van der Waals surface area contributed by atoms with Gasteiger partial charge in [0.2, 0.25) is 0 Å². The molecule has 0 amide bonds. The van der Waals surface area contributed by atoms with Crippen LogP contribution >= 0.6 is 0 Å². The van der Waals surface area contributed by atoms with Crippen LogP contribution in [0.4, 0.5) is 5.69 Å². The molecule has 0 bridgehead atoms. The number of allylic oxidation sites excluding steroid dienone is 1. The largest absolute Gasteiger partial charge is 0.507 e. The van der Waals surface area contributed by atoms with Gasteiger partial charge in [-0.25, -0.2) is 9.59 Å². The zero-order valence-electron chi connectivity index (χ0n) is 13.7. The first-order valence-electron chi connectivity index (χ1n) is 7.51. The second-order valence-electron chi connectivity index (χ2n) is 5.04. The molecule has 1 aromatic heterocycles. The van der Waals surface area contributed by atoms with Crippen LogP contribution in [0.5, 0.6) is 5.75 Å². The molecule has 0 atom stereocenters. The summed E-state index contributed by atoms with van der Waals surface area (Å²) in [6.07, 6.45) is 0.895. The molecular formula is C18H17NO6. The molecule has 0 aliphatic heterocycles. The van der Waals surface area contributed by atoms with Gasteiger partial charge in [0, 0.05) is 17.8 Å². The molecule has 2 rings (SSSR count). The molecule has 0 fully saturated rings. The molecule has 0 radical (unpaired) electrons. The third-order valence-corrected chi connectivity index (χ3v) is 3.12. The Morgan fingerprint density at radius 3 is 2.56 bits per heavy atom. The smallest absolute Gasteiger partial charge is 0.354 e. The summed E-state index contributed by atoms with van der Waals surface area (Å²) in [6.45, 7) is 3.20. The Morgan fingerprint density at radius 2 is 1.96 bits per heavy atom. The quantitative estimate of drug-likeness (QED) is 0.471. The SMILES string of the molecule is CCOC(=O)/C(=C/C(=O)c1c(O)cc(C)oc1=O)Nc1ccccc1. The molecule has 7 nitrogen and oxygen atoms in total. The first kappa shape index (κ1) is 18.0. The summed E-state index contributed by atoms with van der Waals surface area (Å²) in [6, 6.07) is 9.81. The van der Waals surface area contributed by atoms with Crippen LogP contribution in [-0.2, 0) is 9.53 Å². The van der Waals surface area contributed by atoms with Crippen molar-refractivity contribution in [3.8, 4) is 5.75 Å². The summed E-state index contributed by atoms with van der Waals surface area (Å²) in [4.78, 5) is 36.3. The maximum atomic E-state index is 12.4. The van der Waals surface area contributed by atoms with E-state index in [1.807, 2.05) is 0 Å². The lowest BCUT2D eigenvalue weighted by atomic mass is 10.1. The number of hydrogen-bond donors (Lipinski definition) is 2. The third-order valence-electron chi connectivity index (χ3n) is 3.12. The summed E-state index contributed by atoms with van der Waals surface area (Å²) >= 11 is 0. The van der Waals surface area contributed by atoms with Gasteiger partial charge >= 0.3 is 11.6 Å². The van der Waals surface area contributed by atoms with E-state index in [0.29, 0.717) is 5.69 Å². The number of esters is 1. The molecule has 130 valence electrons. The molecule has 0 unspecified atom stereocenters. The first-order valence-corrected chi connectivity index (χ1v) is 7.51. The van der Waals surface area contributed by atoms with Crippen molar-refractivity contribution in [2.45, 2.75) is 13.8 Å². The van der Waals surface area contributed by atoms with Crippen molar-refractivity contribution in [1.82, 2.24) is 0 Å². The Balaban J connectivity index is 2.41. The van der Waals surface area contributed by atoms with Crippen molar-refractivity contribution in [3.05, 3.63) is 69.9 Å². The predicted octanol–water partition coefficient (Wildman–Crippen LogP) is 2.40. The molecule has 2 aromatic rings. The summed E-state index contributed by atoms with van der Waals surface area (Å²) in [5.74, 6) is -2.00. The molecule has 1 heterocycles. The highest BCUT2D eigenvalue weighted by Gasteiger charge is 2.20. The van der Waals surface area contributed by atoms with Crippen molar-refractivity contribution in [2.75, 3.05) is 11.9 Å². The van der Waals surface area contributed by atoms with Crippen molar-refractivity contribution < 1.29 is 23.8 Å². The second-order valence-corrected chi connectivity index (χ2v) is 5.04. The van der Waals surface area contributed by atoms with Gasteiger partial charge in [-0.05, 0) is 26.0 Å². The summed E-state index contributed by atoms with van der Waals surface area (Å²) < 4.78 is 9.72. The molecule has 7 heteroatoms. The van der Waals surface area contributed by atoms with Crippen LogP contribution in [0.1, 0.15) is 23.0 Å². The van der Waals surface area contributed by atoms with E-state index in [1.54, 1.807) is 37.3 Å². The van der Waals surface area contributed by atoms with E-state index in [9.17, 15) is 19.5 Å². The van der Waals surface area contributed by atoms with Gasteiger partial charge < -0.3 is 19.6 Å². The number of benzene rings is 1. The maximum Gasteiger partial charge on any atom is 0.354 e. The maximum absolute atomic E-state index is 12.4. The average Bonchev–Trinajstić information content (AvgIpc) is 2.54. The van der Waals surface area contributed by atoms with Gasteiger partial charge in [0.1, 0.15) is 22.8 Å². The number of para-hydroxylation sites is 1. The van der Waals surface area contributed by atoms with E-state index in [-0.39, 0.29) is 18.1 Å². The topological polar surface area (TPSA) is 106 Å². The number of rotatable bonds is 6. The zero-order valence-corrected chi connectivity index (χ0v) is 13.7. The van der Waals surface area contributed by atoms with Crippen LogP contribution in [0.25, 0.3) is 0 Å². The highest BCUT2D eigenvalue weighted by Crippen LogP contribution is 2.17. The van der Waals surface area contributed by atoms with E-state index >= 15 is 0 Å². The lowest BCUT2D eigenvalue weighted by Crippen LogP contribution is -2.19. The molecular weight excluding hydrogens is 326 g/mol. The van der Waals surface area contributed by atoms with Crippen LogP contribution in [-0.4, -0.2) is 23.5 Å². The molecule has 0 aliphatic carbocycles. The number of carbonyl (C=O) groups is 2. The first-order chi connectivity index (χ1) is 11.9. The standard InChI is InChI=1S/C18H17NO6/c1-3-24-17(22)13(19-12-7-5-4-6-8-12)10-15(21)16-14(20)9-11(2)25-18(16)23/h4-10,19-20H,3H2,1-2H3/b13-10-. The number of nitrogens with one attached hydrogen (secondary N) is 1. The number of ketones is 1. The van der Waals surface area contributed by atoms with Crippen molar-refractivity contribution in [2.24, 2.45) is 0 Å². The Kier molecular flexibility index (Phi) is 5.73. The van der Waals surface area contributed by atoms with E-state index in [0.717, 1.165) is 12.1 Å². The van der Waals surface area contributed by atoms with Crippen LogP contribution in [0.2, 0.25) is 0 Å². The van der Waals surface area contributed by atoms with Crippen molar-refractivity contribution in [1.29, 1.82) is 0 Å². The van der Waals surface area contributed by atoms with E-state index < -0.39 is 28.7 Å². The van der Waals surface area contributed by atoms with E-state index in [4.69, 9.17) is 9.15 Å². The number of carbonyl (C=O) groups excluding carboxylic acids is 2. The van der Waals surface area contributed by atoms with Gasteiger partial charge in [-0.15, -0.1) is 0 Å². The van der Waals surface area contributed by atoms with Crippen LogP contribution in [0.15, 0.2) is 57.4 Å². The Morgan fingerprint density at radius 1 is 1.28 bits per heavy atom. The summed E-state index contributed by atoms with van der Waals surface area (Å²) in [7, 11) is 0. The Hall–Kier alpha value is -3.35. The van der Waals surface area contributed by atoms with Gasteiger partial charge in [0.15, 0.2) is 5.78 Å². The number of anilines is 1. The second kappa shape index (κ2) is 7.96. The molecule has 0 saturated heterocycles. The zero-order chi connectivity index (χ0) is 18.4. The summed E-state index contributed by atoms with van der Waals surface area (Å²) in [5, 5.41) is 12.6. The molecule has 2 N–H and O–H groups in total. The minimum absolute atomic E-state index is 0.110. The number of hydrogen-bond acceptors (Lipinski definition) is 7. The minimum atomic E-state index is -0.985. The third kappa shape index (κ3) is 4.57. The highest BCUT2D eigenvalue weighted by atomic mass is 16.5. The lowest BCUT2D eigenvalue weighted by Gasteiger charge is -2.10. The summed E-state index contributed by atoms with van der Waals surface area (Å²) in [5.41, 5.74) is -1.16. The molecule has 25 heavy (non-hydrogen) atoms. The Labute approximate surface area is 143 Å². The highest BCUT2D eigenvalue weighted by molar-refractivity contribution is 6.10. The van der Waals surface area contributed by atoms with E-state index in [2.05, 4.69) is 5.32 Å². The van der Waals surface area contributed by atoms with Gasteiger partial charge in [-0.3, -0.25) is 4.79 Å². The Bertz CT molecular complexity index is 867. The molecule has 1 aromatic carbocycles. The molecule has 0 aliphatic rings. The van der Waals surface area contributed by atoms with Gasteiger partial charge in [-0.2, -0.15) is 0 Å². The minimum Gasteiger partial charge on any atom is -0.507 e. The van der Waals surface area contributed by atoms with Gasteiger partial charge in [-0.1, -0.05) is 18.2 Å². The van der Waals surface area contributed by atoms with Crippen LogP contribution in [0, 0.1) is 6.92 Å². The monoisotopic (exact) mass is 343 g/mol. The fourth-order valence-electron chi connectivity index (χ4n) is 2.06. The van der Waals surface area contributed by atoms with E-state index in [1.165, 1.54) is 6.92 Å². The van der Waals surface area contributed by atoms with Crippen LogP contribution < -0.4 is 10.9 Å². The normalized spacial score (nSPS) is 11.0. The predicted molar refractivity (Wildman–Crippen MR) is 90.5 cm³/mol. The van der Waals surface area contributed by atoms with Gasteiger partial charge in [0.05, 0.1) is 6.61 Å². The lowest BCUT2D eigenvalue weighted by molar-refractivity contribution is -0.138. The fraction of sp³-hybridized carbons (Fsp3) is 0.167. The van der Waals surface area contributed by atoms with Gasteiger partial charge in [0.25, 0.3) is 0 Å². The molecule has 0 spiro atoms.